The van der Waals surface area contributed by atoms with Crippen LogP contribution in [0.5, 0.6) is 0 Å². The molecule has 4 heteroatoms. The zero-order valence-electron chi connectivity index (χ0n) is 13.4. The van der Waals surface area contributed by atoms with E-state index in [0.717, 1.165) is 19.3 Å². The van der Waals surface area contributed by atoms with Crippen molar-refractivity contribution in [2.24, 2.45) is 5.92 Å². The van der Waals surface area contributed by atoms with Gasteiger partial charge in [0, 0.05) is 0 Å². The van der Waals surface area contributed by atoms with Crippen molar-refractivity contribution < 1.29 is 14.3 Å². The second-order valence-electron chi connectivity index (χ2n) is 5.26. The number of hydrogen-bond donors (Lipinski definition) is 1. The third-order valence-corrected chi connectivity index (χ3v) is 3.65. The molecule has 0 aliphatic rings. The van der Waals surface area contributed by atoms with Gasteiger partial charge >= 0.3 is 12.4 Å². The van der Waals surface area contributed by atoms with Crippen LogP contribution in [0.1, 0.15) is 84.5 Å². The number of unbranched alkanes of at least 4 members (excludes halogenated alkanes) is 8. The van der Waals surface area contributed by atoms with Crippen molar-refractivity contribution in [3.8, 4) is 0 Å². The van der Waals surface area contributed by atoms with Gasteiger partial charge in [-0.3, -0.25) is 9.59 Å². The second kappa shape index (κ2) is 16.2. The van der Waals surface area contributed by atoms with Gasteiger partial charge in [-0.15, -0.1) is 0 Å². The molecule has 0 heterocycles. The smallest absolute Gasteiger partial charge is 0.316 e. The summed E-state index contributed by atoms with van der Waals surface area (Å²) in [5, 5.41) is 0. The third-order valence-electron chi connectivity index (χ3n) is 3.65. The molecule has 0 aliphatic carbocycles. The van der Waals surface area contributed by atoms with Gasteiger partial charge < -0.3 is 10.9 Å². The Balaban J connectivity index is 0. The molecule has 0 aromatic rings. The van der Waals surface area contributed by atoms with Crippen LogP contribution in [0.25, 0.3) is 0 Å². The topological polar surface area (TPSA) is 78.4 Å². The van der Waals surface area contributed by atoms with Gasteiger partial charge in [-0.2, -0.15) is 0 Å². The molecule has 0 amide bonds. The van der Waals surface area contributed by atoms with Gasteiger partial charge in [0.25, 0.3) is 0 Å². The fraction of sp³-hybridized carbons (Fsp3) is 0.875. The summed E-state index contributed by atoms with van der Waals surface area (Å²) >= 11 is 0. The molecule has 0 aliphatic heterocycles. The Labute approximate surface area is 124 Å². The van der Waals surface area contributed by atoms with E-state index in [4.69, 9.17) is 0 Å². The zero-order valence-corrected chi connectivity index (χ0v) is 13.4. The van der Waals surface area contributed by atoms with E-state index in [1.54, 1.807) is 0 Å². The summed E-state index contributed by atoms with van der Waals surface area (Å²) in [5.41, 5.74) is 0. The molecule has 3 N–H and O–H groups in total. The Bertz CT molecular complexity index is 232. The van der Waals surface area contributed by atoms with Gasteiger partial charge in [-0.25, -0.2) is 0 Å². The van der Waals surface area contributed by atoms with Crippen molar-refractivity contribution in [1.82, 2.24) is 6.15 Å². The molecule has 120 valence electrons. The van der Waals surface area contributed by atoms with Crippen LogP contribution in [-0.2, 0) is 14.3 Å². The first-order chi connectivity index (χ1) is 9.26. The molecule has 0 radical (unpaired) electrons. The van der Waals surface area contributed by atoms with Crippen LogP contribution in [0, 0.1) is 5.92 Å². The lowest BCUT2D eigenvalue weighted by Crippen LogP contribution is -2.16. The van der Waals surface area contributed by atoms with Crippen LogP contribution in [-0.4, -0.2) is 12.4 Å². The Morgan fingerprint density at radius 3 is 1.90 bits per heavy atom. The van der Waals surface area contributed by atoms with Crippen molar-refractivity contribution in [3.63, 3.8) is 0 Å². The highest BCUT2D eigenvalue weighted by Crippen LogP contribution is 2.16. The summed E-state index contributed by atoms with van der Waals surface area (Å²) in [7, 11) is 0. The molecule has 0 aromatic heterocycles. The molecule has 20 heavy (non-hydrogen) atoms. The highest BCUT2D eigenvalue weighted by Gasteiger charge is 2.17. The van der Waals surface area contributed by atoms with E-state index in [9.17, 15) is 9.59 Å². The maximum absolute atomic E-state index is 11.4. The summed E-state index contributed by atoms with van der Waals surface area (Å²) in [6, 6.07) is 0. The second-order valence-corrected chi connectivity index (χ2v) is 5.26. The third kappa shape index (κ3) is 12.2. The predicted octanol–water partition coefficient (Wildman–Crippen LogP) is 4.80. The van der Waals surface area contributed by atoms with E-state index < -0.39 is 0 Å². The molecule has 0 saturated carbocycles. The number of hydrogen-bond acceptors (Lipinski definition) is 4. The molecule has 0 saturated heterocycles. The summed E-state index contributed by atoms with van der Waals surface area (Å²) in [5.74, 6) is -0.466. The van der Waals surface area contributed by atoms with Crippen molar-refractivity contribution in [2.45, 2.75) is 84.5 Å². The molecular weight excluding hydrogens is 254 g/mol. The molecule has 0 bridgehead atoms. The Hall–Kier alpha value is -0.900. The lowest BCUT2D eigenvalue weighted by atomic mass is 9.98. The lowest BCUT2D eigenvalue weighted by Gasteiger charge is -2.10. The molecule has 1 unspecified atom stereocenters. The average Bonchev–Trinajstić information content (AvgIpc) is 2.41. The molecule has 0 fully saturated rings. The minimum Gasteiger partial charge on any atom is -0.395 e. The van der Waals surface area contributed by atoms with E-state index in [1.807, 2.05) is 6.92 Å². The highest BCUT2D eigenvalue weighted by molar-refractivity contribution is 5.78. The van der Waals surface area contributed by atoms with Gasteiger partial charge in [0.05, 0.1) is 5.92 Å². The molecular formula is C16H33NO3. The Kier molecular flexibility index (Phi) is 17.3. The van der Waals surface area contributed by atoms with Crippen molar-refractivity contribution in [3.05, 3.63) is 0 Å². The average molecular weight is 287 g/mol. The van der Waals surface area contributed by atoms with Gasteiger partial charge in [0.1, 0.15) is 0 Å². The maximum atomic E-state index is 11.4. The maximum Gasteiger partial charge on any atom is 0.316 e. The quantitative estimate of drug-likeness (QED) is 0.228. The first-order valence-corrected chi connectivity index (χ1v) is 7.90. The van der Waals surface area contributed by atoms with Crippen LogP contribution in [0.2, 0.25) is 0 Å². The van der Waals surface area contributed by atoms with E-state index in [0.29, 0.717) is 0 Å². The monoisotopic (exact) mass is 287 g/mol. The number of esters is 1. The van der Waals surface area contributed by atoms with Crippen LogP contribution < -0.4 is 6.15 Å². The van der Waals surface area contributed by atoms with E-state index in [1.165, 1.54) is 51.4 Å². The summed E-state index contributed by atoms with van der Waals surface area (Å²) in [6.45, 7) is 4.44. The van der Waals surface area contributed by atoms with Gasteiger partial charge in [-0.1, -0.05) is 71.6 Å². The van der Waals surface area contributed by atoms with Crippen LogP contribution >= 0.6 is 0 Å². The first-order valence-electron chi connectivity index (χ1n) is 7.90. The number of ether oxygens (including phenoxy) is 1. The van der Waals surface area contributed by atoms with Gasteiger partial charge in [0.15, 0.2) is 0 Å². The van der Waals surface area contributed by atoms with Crippen molar-refractivity contribution in [1.29, 1.82) is 0 Å². The zero-order chi connectivity index (χ0) is 14.3. The molecule has 4 nitrogen and oxygen atoms in total. The van der Waals surface area contributed by atoms with E-state index in [-0.39, 0.29) is 24.5 Å². The largest absolute Gasteiger partial charge is 0.395 e. The molecule has 1 atom stereocenters. The first kappa shape index (κ1) is 21.4. The van der Waals surface area contributed by atoms with Gasteiger partial charge in [-0.05, 0) is 12.8 Å². The minimum atomic E-state index is -0.364. The summed E-state index contributed by atoms with van der Waals surface area (Å²) < 4.78 is 4.41. The predicted molar refractivity (Wildman–Crippen MR) is 82.8 cm³/mol. The minimum absolute atomic E-state index is 0. The molecule has 0 aromatic carbocycles. The summed E-state index contributed by atoms with van der Waals surface area (Å²) in [6.07, 6.45) is 13.1. The number of rotatable bonds is 13. The Morgan fingerprint density at radius 1 is 0.950 bits per heavy atom. The SMILES string of the molecule is CCCCCCCCCCCC(CC)C(=O)OC=O.N. The lowest BCUT2D eigenvalue weighted by molar-refractivity contribution is -0.155. The van der Waals surface area contributed by atoms with Crippen LogP contribution in [0.4, 0.5) is 0 Å². The standard InChI is InChI=1S/C16H30O3.H3N/c1-3-5-6-7-8-9-10-11-12-13-15(4-2)16(18)19-14-17;/h14-15H,3-13H2,1-2H3;1H3. The van der Waals surface area contributed by atoms with Crippen molar-refractivity contribution >= 4 is 12.4 Å². The molecule has 0 rings (SSSR count). The Morgan fingerprint density at radius 2 is 1.45 bits per heavy atom. The molecule has 0 spiro atoms. The van der Waals surface area contributed by atoms with E-state index in [2.05, 4.69) is 11.7 Å². The highest BCUT2D eigenvalue weighted by atomic mass is 16.6. The fourth-order valence-corrected chi connectivity index (χ4v) is 2.33. The number of carbonyl (C=O) groups is 2. The van der Waals surface area contributed by atoms with Gasteiger partial charge in [0.2, 0.25) is 0 Å². The van der Waals surface area contributed by atoms with E-state index >= 15 is 0 Å². The van der Waals surface area contributed by atoms with Crippen LogP contribution in [0.15, 0.2) is 0 Å². The number of carbonyl (C=O) groups excluding carboxylic acids is 2. The van der Waals surface area contributed by atoms with Crippen LogP contribution in [0.3, 0.4) is 0 Å². The summed E-state index contributed by atoms with van der Waals surface area (Å²) in [4.78, 5) is 21.5. The van der Waals surface area contributed by atoms with Crippen molar-refractivity contribution in [2.75, 3.05) is 0 Å². The fourth-order valence-electron chi connectivity index (χ4n) is 2.33. The normalized spacial score (nSPS) is 11.5.